The van der Waals surface area contributed by atoms with E-state index in [9.17, 15) is 0 Å². The lowest BCUT2D eigenvalue weighted by Gasteiger charge is -1.74. The molecule has 0 N–H and O–H groups in total. The first-order chi connectivity index (χ1) is 2.41. The Labute approximate surface area is 31.0 Å². The molecular weight excluding hydrogens is 66.0 g/mol. The molecule has 0 aliphatic carbocycles. The number of nitrogens with zero attached hydrogens (tertiary/aromatic N) is 1. The van der Waals surface area contributed by atoms with Gasteiger partial charge in [-0.1, -0.05) is 0 Å². The molecule has 0 saturated heterocycles. The summed E-state index contributed by atoms with van der Waals surface area (Å²) in [6, 6.07) is 0. The first-order valence-electron chi connectivity index (χ1n) is 1.24. The summed E-state index contributed by atoms with van der Waals surface area (Å²) in [7, 11) is 0. The SMILES string of the molecule is C[CH]OC#N. The monoisotopic (exact) mass is 70.0 g/mol. The molecule has 0 amide bonds. The van der Waals surface area contributed by atoms with Crippen LogP contribution in [-0.4, -0.2) is 0 Å². The van der Waals surface area contributed by atoms with Crippen LogP contribution in [0.15, 0.2) is 0 Å². The molecule has 0 aliphatic heterocycles. The summed E-state index contributed by atoms with van der Waals surface area (Å²) in [6.07, 6.45) is 1.46. The van der Waals surface area contributed by atoms with E-state index in [1.54, 1.807) is 6.92 Å². The third kappa shape index (κ3) is 3.29. The van der Waals surface area contributed by atoms with Crippen LogP contribution in [-0.2, 0) is 4.74 Å². The van der Waals surface area contributed by atoms with Crippen molar-refractivity contribution in [2.75, 3.05) is 0 Å². The van der Waals surface area contributed by atoms with E-state index in [0.29, 0.717) is 0 Å². The molecule has 0 heterocycles. The minimum Gasteiger partial charge on any atom is -0.421 e. The second kappa shape index (κ2) is 3.29. The summed E-state index contributed by atoms with van der Waals surface area (Å²) in [5.74, 6) is 0. The number of hydrogen-bond donors (Lipinski definition) is 0. The van der Waals surface area contributed by atoms with Crippen LogP contribution in [0.4, 0.5) is 0 Å². The molecule has 0 unspecified atom stereocenters. The highest BCUT2D eigenvalue weighted by Crippen LogP contribution is 1.68. The molecule has 0 rings (SSSR count). The molecule has 5 heavy (non-hydrogen) atoms. The van der Waals surface area contributed by atoms with Gasteiger partial charge < -0.3 is 4.74 Å². The average Bonchev–Trinajstić information content (AvgIpc) is 1.41. The van der Waals surface area contributed by atoms with E-state index in [2.05, 4.69) is 4.74 Å². The quantitative estimate of drug-likeness (QED) is 0.425. The Hall–Kier alpha value is -0.710. The highest BCUT2D eigenvalue weighted by molar-refractivity contribution is 4.49. The maximum absolute atomic E-state index is 7.56. The molecule has 0 aliphatic rings. The molecule has 0 saturated carbocycles. The van der Waals surface area contributed by atoms with Gasteiger partial charge in [0.25, 0.3) is 6.26 Å². The zero-order chi connectivity index (χ0) is 4.12. The van der Waals surface area contributed by atoms with Crippen molar-refractivity contribution >= 4 is 0 Å². The predicted molar refractivity (Wildman–Crippen MR) is 16.7 cm³/mol. The highest BCUT2D eigenvalue weighted by atomic mass is 16.5. The molecule has 0 bridgehead atoms. The lowest BCUT2D eigenvalue weighted by molar-refractivity contribution is 0.366. The number of rotatable bonds is 1. The van der Waals surface area contributed by atoms with Gasteiger partial charge >= 0.3 is 0 Å². The van der Waals surface area contributed by atoms with Crippen molar-refractivity contribution < 1.29 is 4.74 Å². The van der Waals surface area contributed by atoms with E-state index in [-0.39, 0.29) is 0 Å². The molecule has 27 valence electrons. The van der Waals surface area contributed by atoms with Crippen molar-refractivity contribution in [2.45, 2.75) is 6.92 Å². The minimum absolute atomic E-state index is 1.32. The van der Waals surface area contributed by atoms with Crippen molar-refractivity contribution in [3.8, 4) is 6.26 Å². The summed E-state index contributed by atoms with van der Waals surface area (Å²) in [6.45, 7) is 2.96. The van der Waals surface area contributed by atoms with Crippen molar-refractivity contribution in [2.24, 2.45) is 0 Å². The Morgan fingerprint density at radius 1 is 2.00 bits per heavy atom. The Kier molecular flexibility index (Phi) is 2.82. The van der Waals surface area contributed by atoms with Gasteiger partial charge in [-0.2, -0.15) is 5.26 Å². The molecule has 0 atom stereocenters. The average molecular weight is 70.1 g/mol. The Bertz CT molecular complexity index is 45.3. The molecule has 2 heteroatoms. The van der Waals surface area contributed by atoms with Crippen LogP contribution in [0.2, 0.25) is 0 Å². The summed E-state index contributed by atoms with van der Waals surface area (Å²) in [5, 5.41) is 7.56. The van der Waals surface area contributed by atoms with Gasteiger partial charge in [-0.25, -0.2) is 0 Å². The van der Waals surface area contributed by atoms with Gasteiger partial charge in [0.1, 0.15) is 6.61 Å². The summed E-state index contributed by atoms with van der Waals surface area (Å²) < 4.78 is 4.01. The second-order valence-electron chi connectivity index (χ2n) is 0.445. The van der Waals surface area contributed by atoms with Crippen LogP contribution >= 0.6 is 0 Å². The summed E-state index contributed by atoms with van der Waals surface area (Å²) >= 11 is 0. The fourth-order valence-electron chi connectivity index (χ4n) is 0.0527. The highest BCUT2D eigenvalue weighted by Gasteiger charge is 1.62. The number of hydrogen-bond acceptors (Lipinski definition) is 2. The van der Waals surface area contributed by atoms with Gasteiger partial charge in [-0.05, 0) is 6.92 Å². The molecule has 1 radical (unpaired) electrons. The molecule has 0 aromatic rings. The standard InChI is InChI=1S/C3H4NO/c1-2-5-3-4/h2H,1H3. The van der Waals surface area contributed by atoms with Gasteiger partial charge in [-0.3, -0.25) is 0 Å². The fourth-order valence-corrected chi connectivity index (χ4v) is 0.0527. The topological polar surface area (TPSA) is 33.0 Å². The Morgan fingerprint density at radius 3 is 2.60 bits per heavy atom. The first kappa shape index (κ1) is 4.29. The fraction of sp³-hybridized carbons (Fsp3) is 0.333. The van der Waals surface area contributed by atoms with Crippen molar-refractivity contribution in [1.82, 2.24) is 0 Å². The normalized spacial score (nSPS) is 5.60. The van der Waals surface area contributed by atoms with Crippen LogP contribution in [0.3, 0.4) is 0 Å². The molecule has 0 aromatic heterocycles. The van der Waals surface area contributed by atoms with Crippen LogP contribution in [0.1, 0.15) is 6.92 Å². The zero-order valence-corrected chi connectivity index (χ0v) is 2.93. The van der Waals surface area contributed by atoms with Gasteiger partial charge in [0.15, 0.2) is 0 Å². The molecule has 0 fully saturated rings. The summed E-state index contributed by atoms with van der Waals surface area (Å²) in [5.41, 5.74) is 0. The predicted octanol–water partition coefficient (Wildman–Crippen LogP) is 0.666. The van der Waals surface area contributed by atoms with E-state index in [1.807, 2.05) is 0 Å². The van der Waals surface area contributed by atoms with Gasteiger partial charge in [-0.15, -0.1) is 0 Å². The number of ether oxygens (including phenoxy) is 1. The Morgan fingerprint density at radius 2 is 2.60 bits per heavy atom. The molecular formula is C3H4NO. The van der Waals surface area contributed by atoms with Crippen molar-refractivity contribution in [3.63, 3.8) is 0 Å². The van der Waals surface area contributed by atoms with E-state index >= 15 is 0 Å². The van der Waals surface area contributed by atoms with Crippen molar-refractivity contribution in [1.29, 1.82) is 5.26 Å². The third-order valence-electron chi connectivity index (χ3n) is 0.171. The van der Waals surface area contributed by atoms with E-state index in [1.165, 1.54) is 12.9 Å². The smallest absolute Gasteiger partial charge is 0.286 e. The van der Waals surface area contributed by atoms with Crippen LogP contribution < -0.4 is 0 Å². The van der Waals surface area contributed by atoms with Crippen LogP contribution in [0.5, 0.6) is 0 Å². The lowest BCUT2D eigenvalue weighted by atomic mass is 10.9. The van der Waals surface area contributed by atoms with Crippen LogP contribution in [0, 0.1) is 18.1 Å². The molecule has 2 nitrogen and oxygen atoms in total. The van der Waals surface area contributed by atoms with E-state index in [4.69, 9.17) is 5.26 Å². The largest absolute Gasteiger partial charge is 0.421 e. The lowest BCUT2D eigenvalue weighted by Crippen LogP contribution is -1.63. The first-order valence-corrected chi connectivity index (χ1v) is 1.24. The van der Waals surface area contributed by atoms with Crippen LogP contribution in [0.25, 0.3) is 0 Å². The van der Waals surface area contributed by atoms with E-state index < -0.39 is 0 Å². The maximum Gasteiger partial charge on any atom is 0.286 e. The molecule has 0 spiro atoms. The third-order valence-corrected chi connectivity index (χ3v) is 0.171. The van der Waals surface area contributed by atoms with E-state index in [0.717, 1.165) is 0 Å². The van der Waals surface area contributed by atoms with Crippen molar-refractivity contribution in [3.05, 3.63) is 6.61 Å². The van der Waals surface area contributed by atoms with Gasteiger partial charge in [0.05, 0.1) is 0 Å². The van der Waals surface area contributed by atoms with Gasteiger partial charge in [0.2, 0.25) is 0 Å². The van der Waals surface area contributed by atoms with Gasteiger partial charge in [0, 0.05) is 0 Å². The maximum atomic E-state index is 7.56. The molecule has 0 aromatic carbocycles. The summed E-state index contributed by atoms with van der Waals surface area (Å²) in [4.78, 5) is 0. The number of nitriles is 1. The minimum atomic E-state index is 1.32. The zero-order valence-electron chi connectivity index (χ0n) is 2.93. The second-order valence-corrected chi connectivity index (χ2v) is 0.445. The Balaban J connectivity index is 2.48.